The highest BCUT2D eigenvalue weighted by atomic mass is 16.2. The molecule has 2 fully saturated rings. The van der Waals surface area contributed by atoms with Gasteiger partial charge < -0.3 is 14.7 Å². The summed E-state index contributed by atoms with van der Waals surface area (Å²) in [6.45, 7) is 5.04. The summed E-state index contributed by atoms with van der Waals surface area (Å²) in [6, 6.07) is 16.9. The Morgan fingerprint density at radius 3 is 2.57 bits per heavy atom. The van der Waals surface area contributed by atoms with E-state index in [0.717, 1.165) is 18.7 Å². The first-order valence-corrected chi connectivity index (χ1v) is 12.2. The number of fused-ring (bicyclic) bond motifs is 3. The number of para-hydroxylation sites is 1. The number of rotatable bonds is 4. The molecule has 3 amide bonds. The van der Waals surface area contributed by atoms with Crippen LogP contribution in [-0.4, -0.2) is 65.9 Å². The maximum absolute atomic E-state index is 13.4. The minimum Gasteiger partial charge on any atom is -0.370 e. The van der Waals surface area contributed by atoms with Crippen LogP contribution in [0.2, 0.25) is 0 Å². The van der Waals surface area contributed by atoms with Gasteiger partial charge in [-0.2, -0.15) is 5.26 Å². The first kappa shape index (κ1) is 22.9. The minimum absolute atomic E-state index is 0.0131. The molecule has 180 valence electrons. The van der Waals surface area contributed by atoms with Crippen molar-refractivity contribution in [1.29, 1.82) is 5.26 Å². The van der Waals surface area contributed by atoms with Gasteiger partial charge in [-0.3, -0.25) is 19.3 Å². The van der Waals surface area contributed by atoms with Gasteiger partial charge in [0.25, 0.3) is 5.91 Å². The molecule has 2 saturated heterocycles. The maximum Gasteiger partial charge on any atom is 0.257 e. The van der Waals surface area contributed by atoms with Gasteiger partial charge in [-0.1, -0.05) is 12.1 Å². The quantitative estimate of drug-likeness (QED) is 0.684. The Labute approximate surface area is 205 Å². The molecule has 0 aliphatic carbocycles. The first-order valence-electron chi connectivity index (χ1n) is 12.2. The van der Waals surface area contributed by atoms with Gasteiger partial charge in [0.05, 0.1) is 22.9 Å². The number of hydrogen-bond acceptors (Lipinski definition) is 5. The standard InChI is InChI=1S/C27H29N5O3/c1-27-13-11-25(34)32(27)23-6-3-2-5-22(23)26(35)31(27)16-12-24(33)30-15-4-14-29(17-18-30)21-9-7-20(19-28)8-10-21/h2-3,5-10H,4,11-18H2,1H3. The van der Waals surface area contributed by atoms with E-state index < -0.39 is 5.66 Å². The molecule has 2 aromatic rings. The van der Waals surface area contributed by atoms with Crippen molar-refractivity contribution in [1.82, 2.24) is 9.80 Å². The molecule has 2 aromatic carbocycles. The third kappa shape index (κ3) is 4.01. The molecule has 0 N–H and O–H groups in total. The zero-order valence-corrected chi connectivity index (χ0v) is 19.9. The van der Waals surface area contributed by atoms with Crippen LogP contribution in [0.3, 0.4) is 0 Å². The van der Waals surface area contributed by atoms with Crippen molar-refractivity contribution in [2.45, 2.75) is 38.3 Å². The Morgan fingerprint density at radius 1 is 1.03 bits per heavy atom. The molecule has 3 aliphatic rings. The summed E-state index contributed by atoms with van der Waals surface area (Å²) in [5.74, 6) is -0.0818. The van der Waals surface area contributed by atoms with Gasteiger partial charge in [0, 0.05) is 51.3 Å². The zero-order chi connectivity index (χ0) is 24.6. The van der Waals surface area contributed by atoms with Gasteiger partial charge in [0.15, 0.2) is 0 Å². The van der Waals surface area contributed by atoms with Crippen molar-refractivity contribution < 1.29 is 14.4 Å². The van der Waals surface area contributed by atoms with Crippen LogP contribution in [-0.2, 0) is 9.59 Å². The molecular formula is C27H29N5O3. The summed E-state index contributed by atoms with van der Waals surface area (Å²) in [6.07, 6.45) is 2.02. The van der Waals surface area contributed by atoms with Crippen LogP contribution >= 0.6 is 0 Å². The predicted octanol–water partition coefficient (Wildman–Crippen LogP) is 2.99. The smallest absolute Gasteiger partial charge is 0.257 e. The largest absolute Gasteiger partial charge is 0.370 e. The molecule has 3 heterocycles. The van der Waals surface area contributed by atoms with Gasteiger partial charge in [0.2, 0.25) is 11.8 Å². The summed E-state index contributed by atoms with van der Waals surface area (Å²) >= 11 is 0. The van der Waals surface area contributed by atoms with Gasteiger partial charge in [-0.25, -0.2) is 0 Å². The average Bonchev–Trinajstić information content (AvgIpc) is 3.03. The van der Waals surface area contributed by atoms with E-state index in [9.17, 15) is 14.4 Å². The van der Waals surface area contributed by atoms with Crippen LogP contribution in [0.5, 0.6) is 0 Å². The third-order valence-corrected chi connectivity index (χ3v) is 7.51. The Morgan fingerprint density at radius 2 is 1.80 bits per heavy atom. The van der Waals surface area contributed by atoms with Crippen LogP contribution in [0.4, 0.5) is 11.4 Å². The molecule has 0 aromatic heterocycles. The van der Waals surface area contributed by atoms with Crippen molar-refractivity contribution in [2.75, 3.05) is 42.5 Å². The SMILES string of the molecule is CC12CCC(=O)N1c1ccccc1C(=O)N2CCC(=O)N1CCCN(c2ccc(C#N)cc2)CC1. The second-order valence-electron chi connectivity index (χ2n) is 9.55. The van der Waals surface area contributed by atoms with E-state index >= 15 is 0 Å². The van der Waals surface area contributed by atoms with Crippen LogP contribution in [0.25, 0.3) is 0 Å². The second kappa shape index (κ2) is 9.06. The highest BCUT2D eigenvalue weighted by molar-refractivity contribution is 6.10. The Bertz CT molecular complexity index is 1200. The van der Waals surface area contributed by atoms with Crippen LogP contribution in [0, 0.1) is 11.3 Å². The van der Waals surface area contributed by atoms with E-state index in [-0.39, 0.29) is 30.7 Å². The molecule has 0 saturated carbocycles. The van der Waals surface area contributed by atoms with Crippen LogP contribution < -0.4 is 9.80 Å². The topological polar surface area (TPSA) is 88.0 Å². The lowest BCUT2D eigenvalue weighted by Gasteiger charge is -2.48. The zero-order valence-electron chi connectivity index (χ0n) is 19.9. The number of benzene rings is 2. The molecule has 35 heavy (non-hydrogen) atoms. The summed E-state index contributed by atoms with van der Waals surface area (Å²) in [4.78, 5) is 46.9. The summed E-state index contributed by atoms with van der Waals surface area (Å²) in [5, 5.41) is 9.02. The van der Waals surface area contributed by atoms with Gasteiger partial charge in [-0.15, -0.1) is 0 Å². The average molecular weight is 472 g/mol. The number of amides is 3. The van der Waals surface area contributed by atoms with Crippen LogP contribution in [0.1, 0.15) is 48.5 Å². The van der Waals surface area contributed by atoms with Crippen molar-refractivity contribution in [3.8, 4) is 6.07 Å². The molecule has 0 bridgehead atoms. The van der Waals surface area contributed by atoms with E-state index in [1.165, 1.54) is 0 Å². The lowest BCUT2D eigenvalue weighted by atomic mass is 9.98. The number of hydrogen-bond donors (Lipinski definition) is 0. The van der Waals surface area contributed by atoms with Gasteiger partial charge in [0.1, 0.15) is 5.66 Å². The van der Waals surface area contributed by atoms with E-state index in [1.54, 1.807) is 21.9 Å². The fraction of sp³-hybridized carbons (Fsp3) is 0.407. The minimum atomic E-state index is -0.742. The summed E-state index contributed by atoms with van der Waals surface area (Å²) < 4.78 is 0. The lowest BCUT2D eigenvalue weighted by molar-refractivity contribution is -0.131. The van der Waals surface area contributed by atoms with Crippen molar-refractivity contribution in [2.24, 2.45) is 0 Å². The predicted molar refractivity (Wildman–Crippen MR) is 132 cm³/mol. The third-order valence-electron chi connectivity index (χ3n) is 7.51. The van der Waals surface area contributed by atoms with E-state index in [2.05, 4.69) is 11.0 Å². The second-order valence-corrected chi connectivity index (χ2v) is 9.55. The molecule has 0 spiro atoms. The molecular weight excluding hydrogens is 442 g/mol. The van der Waals surface area contributed by atoms with Gasteiger partial charge in [-0.05, 0) is 56.2 Å². The Balaban J connectivity index is 1.25. The fourth-order valence-electron chi connectivity index (χ4n) is 5.58. The molecule has 8 heteroatoms. The summed E-state index contributed by atoms with van der Waals surface area (Å²) in [5.41, 5.74) is 2.12. The monoisotopic (exact) mass is 471 g/mol. The number of nitrogens with zero attached hydrogens (tertiary/aromatic N) is 5. The van der Waals surface area contributed by atoms with Gasteiger partial charge >= 0.3 is 0 Å². The highest BCUT2D eigenvalue weighted by Gasteiger charge is 2.52. The molecule has 0 radical (unpaired) electrons. The maximum atomic E-state index is 13.4. The highest BCUT2D eigenvalue weighted by Crippen LogP contribution is 2.44. The number of carbonyl (C=O) groups is 3. The molecule has 5 rings (SSSR count). The van der Waals surface area contributed by atoms with E-state index in [1.807, 2.05) is 48.2 Å². The van der Waals surface area contributed by atoms with Crippen LogP contribution in [0.15, 0.2) is 48.5 Å². The lowest BCUT2D eigenvalue weighted by Crippen LogP contribution is -2.62. The number of anilines is 2. The Hall–Kier alpha value is -3.86. The molecule has 3 aliphatic heterocycles. The van der Waals surface area contributed by atoms with Crippen molar-refractivity contribution >= 4 is 29.1 Å². The number of carbonyl (C=O) groups excluding carboxylic acids is 3. The molecule has 8 nitrogen and oxygen atoms in total. The molecule has 1 atom stereocenters. The first-order chi connectivity index (χ1) is 16.9. The van der Waals surface area contributed by atoms with E-state index in [4.69, 9.17) is 5.26 Å². The normalized spacial score (nSPS) is 21.9. The fourth-order valence-corrected chi connectivity index (χ4v) is 5.58. The summed E-state index contributed by atoms with van der Waals surface area (Å²) in [7, 11) is 0. The van der Waals surface area contributed by atoms with Crippen molar-refractivity contribution in [3.63, 3.8) is 0 Å². The van der Waals surface area contributed by atoms with E-state index in [0.29, 0.717) is 49.3 Å². The number of nitriles is 1. The Kier molecular flexibility index (Phi) is 5.93. The molecule has 1 unspecified atom stereocenters. The van der Waals surface area contributed by atoms with Crippen molar-refractivity contribution in [3.05, 3.63) is 59.7 Å².